The van der Waals surface area contributed by atoms with Crippen LogP contribution in [0, 0.1) is 0 Å². The summed E-state index contributed by atoms with van der Waals surface area (Å²) >= 11 is 0. The molecular formula is C12H29NSi. The van der Waals surface area contributed by atoms with Crippen LogP contribution in [-0.2, 0) is 0 Å². The second kappa shape index (κ2) is 8.48. The maximum atomic E-state index is 3.88. The van der Waals surface area contributed by atoms with Gasteiger partial charge >= 0.3 is 0 Å². The predicted molar refractivity (Wildman–Crippen MR) is 69.3 cm³/mol. The zero-order valence-electron chi connectivity index (χ0n) is 10.7. The minimum atomic E-state index is -1.03. The molecule has 0 heterocycles. The Kier molecular flexibility index (Phi) is 8.59. The zero-order valence-corrected chi connectivity index (χ0v) is 11.7. The lowest BCUT2D eigenvalue weighted by atomic mass is 10.2. The second-order valence-electron chi connectivity index (χ2n) is 4.33. The van der Waals surface area contributed by atoms with Gasteiger partial charge in [-0.1, -0.05) is 47.0 Å². The minimum Gasteiger partial charge on any atom is -0.337 e. The van der Waals surface area contributed by atoms with Crippen LogP contribution in [0.2, 0.25) is 18.1 Å². The fourth-order valence-corrected chi connectivity index (χ4v) is 4.99. The van der Waals surface area contributed by atoms with Crippen molar-refractivity contribution in [3.63, 3.8) is 0 Å². The Hall–Kier alpha value is 0.177. The molecule has 0 aliphatic heterocycles. The van der Waals surface area contributed by atoms with E-state index in [1.165, 1.54) is 50.4 Å². The molecular weight excluding hydrogens is 186 g/mol. The van der Waals surface area contributed by atoms with E-state index in [-0.39, 0.29) is 0 Å². The molecule has 0 saturated carbocycles. The molecule has 0 rings (SSSR count). The fourth-order valence-electron chi connectivity index (χ4n) is 2.03. The van der Waals surface area contributed by atoms with Crippen LogP contribution in [0.5, 0.6) is 0 Å². The van der Waals surface area contributed by atoms with E-state index < -0.39 is 8.24 Å². The molecule has 0 bridgehead atoms. The highest BCUT2D eigenvalue weighted by Crippen LogP contribution is 2.16. The molecule has 14 heavy (non-hydrogen) atoms. The molecule has 0 aromatic carbocycles. The van der Waals surface area contributed by atoms with Crippen LogP contribution in [0.15, 0.2) is 0 Å². The molecule has 2 heteroatoms. The molecule has 1 nitrogen and oxygen atoms in total. The molecule has 0 saturated heterocycles. The van der Waals surface area contributed by atoms with E-state index in [0.29, 0.717) is 0 Å². The molecule has 1 N–H and O–H groups in total. The number of hydrogen-bond acceptors (Lipinski definition) is 1. The Morgan fingerprint density at radius 2 is 1.36 bits per heavy atom. The molecule has 0 spiro atoms. The van der Waals surface area contributed by atoms with Gasteiger partial charge in [-0.2, -0.15) is 0 Å². The van der Waals surface area contributed by atoms with Crippen molar-refractivity contribution < 1.29 is 0 Å². The molecule has 0 radical (unpaired) electrons. The summed E-state index contributed by atoms with van der Waals surface area (Å²) in [7, 11) is -1.03. The van der Waals surface area contributed by atoms with Crippen LogP contribution in [0.1, 0.15) is 53.4 Å². The highest BCUT2D eigenvalue weighted by Gasteiger charge is 2.25. The van der Waals surface area contributed by atoms with Crippen molar-refractivity contribution in [3.8, 4) is 0 Å². The third kappa shape index (κ3) is 5.16. The maximum Gasteiger partial charge on any atom is 0.124 e. The van der Waals surface area contributed by atoms with Crippen molar-refractivity contribution in [2.45, 2.75) is 71.5 Å². The van der Waals surface area contributed by atoms with Gasteiger partial charge in [-0.05, 0) is 31.1 Å². The highest BCUT2D eigenvalue weighted by atomic mass is 28.3. The number of nitrogens with one attached hydrogen (secondary N) is 1. The summed E-state index contributed by atoms with van der Waals surface area (Å²) in [6, 6.07) is 4.19. The monoisotopic (exact) mass is 215 g/mol. The topological polar surface area (TPSA) is 12.0 Å². The van der Waals surface area contributed by atoms with Crippen LogP contribution < -0.4 is 4.98 Å². The molecule has 0 aromatic rings. The van der Waals surface area contributed by atoms with Gasteiger partial charge < -0.3 is 4.98 Å². The molecule has 0 amide bonds. The van der Waals surface area contributed by atoms with Crippen molar-refractivity contribution in [1.82, 2.24) is 4.98 Å². The lowest BCUT2D eigenvalue weighted by Crippen LogP contribution is -2.49. The first-order valence-corrected chi connectivity index (χ1v) is 9.11. The van der Waals surface area contributed by atoms with Crippen LogP contribution >= 0.6 is 0 Å². The Balaban J connectivity index is 3.61. The summed E-state index contributed by atoms with van der Waals surface area (Å²) < 4.78 is 0. The summed E-state index contributed by atoms with van der Waals surface area (Å²) in [4.78, 5) is 3.88. The smallest absolute Gasteiger partial charge is 0.124 e. The fraction of sp³-hybridized carbons (Fsp3) is 1.00. The third-order valence-electron chi connectivity index (χ3n) is 3.56. The Bertz CT molecular complexity index is 113. The van der Waals surface area contributed by atoms with Crippen molar-refractivity contribution in [1.29, 1.82) is 0 Å². The van der Waals surface area contributed by atoms with E-state index >= 15 is 0 Å². The van der Waals surface area contributed by atoms with Crippen LogP contribution in [0.4, 0.5) is 0 Å². The van der Waals surface area contributed by atoms with Gasteiger partial charge in [-0.3, -0.25) is 0 Å². The minimum absolute atomic E-state index is 1.03. The largest absolute Gasteiger partial charge is 0.337 e. The first kappa shape index (κ1) is 14.2. The van der Waals surface area contributed by atoms with E-state index in [2.05, 4.69) is 32.7 Å². The van der Waals surface area contributed by atoms with Gasteiger partial charge in [-0.15, -0.1) is 0 Å². The summed E-state index contributed by atoms with van der Waals surface area (Å²) in [5.41, 5.74) is 0. The second-order valence-corrected chi connectivity index (χ2v) is 9.36. The Morgan fingerprint density at radius 1 is 0.786 bits per heavy atom. The first-order valence-electron chi connectivity index (χ1n) is 6.49. The lowest BCUT2D eigenvalue weighted by Gasteiger charge is -2.29. The van der Waals surface area contributed by atoms with Gasteiger partial charge in [-0.25, -0.2) is 0 Å². The van der Waals surface area contributed by atoms with E-state index in [4.69, 9.17) is 0 Å². The molecule has 0 atom stereocenters. The number of unbranched alkanes of at least 4 members (excludes halogenated alkanes) is 3. The summed E-state index contributed by atoms with van der Waals surface area (Å²) in [5, 5.41) is 0. The molecule has 0 aromatic heterocycles. The maximum absolute atomic E-state index is 3.88. The molecule has 0 fully saturated rings. The van der Waals surface area contributed by atoms with Crippen molar-refractivity contribution in [2.75, 3.05) is 6.54 Å². The van der Waals surface area contributed by atoms with Crippen LogP contribution in [0.25, 0.3) is 0 Å². The lowest BCUT2D eigenvalue weighted by molar-refractivity contribution is 0.651. The van der Waals surface area contributed by atoms with Crippen molar-refractivity contribution in [2.24, 2.45) is 0 Å². The van der Waals surface area contributed by atoms with Gasteiger partial charge in [0.1, 0.15) is 8.24 Å². The van der Waals surface area contributed by atoms with Gasteiger partial charge in [0, 0.05) is 0 Å². The molecule has 86 valence electrons. The van der Waals surface area contributed by atoms with Gasteiger partial charge in [0.05, 0.1) is 0 Å². The third-order valence-corrected chi connectivity index (χ3v) is 8.62. The Morgan fingerprint density at radius 3 is 1.79 bits per heavy atom. The predicted octanol–water partition coefficient (Wildman–Crippen LogP) is 4.16. The number of rotatable bonds is 9. The normalized spacial score (nSPS) is 12.0. The van der Waals surface area contributed by atoms with Gasteiger partial charge in [0.2, 0.25) is 0 Å². The SMILES string of the molecule is CCCCCCN[Si](CC)(CC)CC. The average Bonchev–Trinajstić information content (AvgIpc) is 2.24. The highest BCUT2D eigenvalue weighted by molar-refractivity contribution is 6.77. The summed E-state index contributed by atoms with van der Waals surface area (Å²) in [5.74, 6) is 0. The van der Waals surface area contributed by atoms with E-state index in [0.717, 1.165) is 0 Å². The van der Waals surface area contributed by atoms with E-state index in [9.17, 15) is 0 Å². The summed E-state index contributed by atoms with van der Waals surface area (Å²) in [6.07, 6.45) is 5.53. The first-order chi connectivity index (χ1) is 6.74. The van der Waals surface area contributed by atoms with Crippen molar-refractivity contribution in [3.05, 3.63) is 0 Å². The van der Waals surface area contributed by atoms with Crippen molar-refractivity contribution >= 4 is 8.24 Å². The average molecular weight is 215 g/mol. The van der Waals surface area contributed by atoms with Gasteiger partial charge in [0.15, 0.2) is 0 Å². The van der Waals surface area contributed by atoms with Crippen LogP contribution in [0.3, 0.4) is 0 Å². The molecule has 0 aliphatic carbocycles. The van der Waals surface area contributed by atoms with Crippen LogP contribution in [-0.4, -0.2) is 14.8 Å². The zero-order chi connectivity index (χ0) is 10.9. The Labute approximate surface area is 91.8 Å². The quantitative estimate of drug-likeness (QED) is 0.450. The van der Waals surface area contributed by atoms with E-state index in [1.807, 2.05) is 0 Å². The molecule has 0 unspecified atom stereocenters. The standard InChI is InChI=1S/C12H29NSi/c1-5-9-10-11-12-13-14(6-2,7-3)8-4/h13H,5-12H2,1-4H3. The van der Waals surface area contributed by atoms with E-state index in [1.54, 1.807) is 0 Å². The summed E-state index contributed by atoms with van der Waals surface area (Å²) in [6.45, 7) is 10.6. The van der Waals surface area contributed by atoms with Gasteiger partial charge in [0.25, 0.3) is 0 Å². The number of hydrogen-bond donors (Lipinski definition) is 1. The molecule has 0 aliphatic rings.